The molecule has 0 aromatic heterocycles. The molecule has 0 N–H and O–H groups in total. The van der Waals surface area contributed by atoms with Crippen molar-refractivity contribution in [1.82, 2.24) is 0 Å². The largest absolute Gasteiger partial charge is 0.310 e. The Bertz CT molecular complexity index is 2110. The first-order valence-electron chi connectivity index (χ1n) is 14.7. The molecule has 0 bridgehead atoms. The second kappa shape index (κ2) is 9.46. The zero-order valence-corrected chi connectivity index (χ0v) is 23.9. The number of nitrogens with zero attached hydrogens (tertiary/aromatic N) is 1. The predicted octanol–water partition coefficient (Wildman–Crippen LogP) is 11.4. The normalized spacial score (nSPS) is 13.2. The van der Waals surface area contributed by atoms with Crippen LogP contribution in [-0.2, 0) is 5.41 Å². The fraction of sp³-hybridized carbons (Fsp3) is 0.0732. The Morgan fingerprint density at radius 2 is 1.12 bits per heavy atom. The number of hydrogen-bond donors (Lipinski definition) is 0. The molecule has 1 heteroatoms. The van der Waals surface area contributed by atoms with Crippen LogP contribution in [0.2, 0.25) is 0 Å². The van der Waals surface area contributed by atoms with E-state index in [1.165, 1.54) is 60.6 Å². The number of hydrogen-bond acceptors (Lipinski definition) is 1. The van der Waals surface area contributed by atoms with Crippen LogP contribution in [-0.4, -0.2) is 0 Å². The average molecular weight is 538 g/mol. The third-order valence-corrected chi connectivity index (χ3v) is 8.98. The van der Waals surface area contributed by atoms with Crippen LogP contribution >= 0.6 is 0 Å². The van der Waals surface area contributed by atoms with Crippen molar-refractivity contribution >= 4 is 38.6 Å². The van der Waals surface area contributed by atoms with Crippen molar-refractivity contribution in [1.29, 1.82) is 0 Å². The Balaban J connectivity index is 1.40. The highest BCUT2D eigenvalue weighted by atomic mass is 15.1. The van der Waals surface area contributed by atoms with Gasteiger partial charge in [0.15, 0.2) is 0 Å². The first-order chi connectivity index (χ1) is 20.6. The van der Waals surface area contributed by atoms with E-state index in [1.54, 1.807) is 0 Å². The Kier molecular flexibility index (Phi) is 5.55. The molecular formula is C41H31N. The van der Waals surface area contributed by atoms with Crippen molar-refractivity contribution in [3.05, 3.63) is 163 Å². The molecule has 0 fully saturated rings. The Hall–Kier alpha value is -5.14. The van der Waals surface area contributed by atoms with Gasteiger partial charge in [0.05, 0.1) is 5.69 Å². The molecule has 0 amide bonds. The van der Waals surface area contributed by atoms with Crippen LogP contribution < -0.4 is 4.90 Å². The maximum absolute atomic E-state index is 2.44. The number of para-hydroxylation sites is 1. The van der Waals surface area contributed by atoms with E-state index in [0.717, 1.165) is 11.4 Å². The summed E-state index contributed by atoms with van der Waals surface area (Å²) in [6.07, 6.45) is 0. The molecule has 8 rings (SSSR count). The summed E-state index contributed by atoms with van der Waals surface area (Å²) < 4.78 is 0. The zero-order chi connectivity index (χ0) is 28.3. The van der Waals surface area contributed by atoms with Gasteiger partial charge in [-0.3, -0.25) is 0 Å². The molecule has 7 aromatic carbocycles. The molecule has 7 aromatic rings. The van der Waals surface area contributed by atoms with Gasteiger partial charge in [-0.25, -0.2) is 0 Å². The standard InChI is InChI=1S/C41H31N/c1-41(2)38-26-31(28-13-5-3-6-14-28)22-24-34(38)37-27-39(35-19-11-12-20-36(35)40(37)41)42(32-17-7-4-8-18-32)33-23-21-29-15-9-10-16-30(29)25-33/h3-27H,1-2H3. The van der Waals surface area contributed by atoms with Crippen LogP contribution in [0, 0.1) is 0 Å². The smallest absolute Gasteiger partial charge is 0.0546 e. The maximum Gasteiger partial charge on any atom is 0.0546 e. The van der Waals surface area contributed by atoms with Crippen molar-refractivity contribution in [2.75, 3.05) is 4.90 Å². The highest BCUT2D eigenvalue weighted by molar-refractivity contribution is 6.07. The van der Waals surface area contributed by atoms with Crippen LogP contribution in [0.4, 0.5) is 17.1 Å². The summed E-state index contributed by atoms with van der Waals surface area (Å²) in [4.78, 5) is 2.43. The molecule has 1 nitrogen and oxygen atoms in total. The lowest BCUT2D eigenvalue weighted by Gasteiger charge is -2.29. The first-order valence-corrected chi connectivity index (χ1v) is 14.7. The van der Waals surface area contributed by atoms with Crippen molar-refractivity contribution in [2.45, 2.75) is 19.3 Å². The van der Waals surface area contributed by atoms with E-state index in [0.29, 0.717) is 0 Å². The molecule has 0 unspecified atom stereocenters. The van der Waals surface area contributed by atoms with Crippen LogP contribution in [0.15, 0.2) is 152 Å². The zero-order valence-electron chi connectivity index (χ0n) is 23.9. The van der Waals surface area contributed by atoms with Gasteiger partial charge in [0, 0.05) is 22.2 Å². The van der Waals surface area contributed by atoms with E-state index in [4.69, 9.17) is 0 Å². The maximum atomic E-state index is 2.44. The van der Waals surface area contributed by atoms with Gasteiger partial charge in [-0.1, -0.05) is 129 Å². The Morgan fingerprint density at radius 3 is 1.90 bits per heavy atom. The van der Waals surface area contributed by atoms with Crippen LogP contribution in [0.25, 0.3) is 43.8 Å². The van der Waals surface area contributed by atoms with Gasteiger partial charge < -0.3 is 4.90 Å². The van der Waals surface area contributed by atoms with Gasteiger partial charge in [-0.2, -0.15) is 0 Å². The van der Waals surface area contributed by atoms with E-state index in [9.17, 15) is 0 Å². The summed E-state index contributed by atoms with van der Waals surface area (Å²) in [5, 5.41) is 5.06. The highest BCUT2D eigenvalue weighted by Crippen LogP contribution is 2.55. The molecule has 0 spiro atoms. The van der Waals surface area contributed by atoms with Crippen molar-refractivity contribution < 1.29 is 0 Å². The summed E-state index contributed by atoms with van der Waals surface area (Å²) in [7, 11) is 0. The third-order valence-electron chi connectivity index (χ3n) is 8.98. The second-order valence-corrected chi connectivity index (χ2v) is 11.8. The highest BCUT2D eigenvalue weighted by Gasteiger charge is 2.38. The molecule has 1 aliphatic carbocycles. The fourth-order valence-corrected chi connectivity index (χ4v) is 6.99. The minimum absolute atomic E-state index is 0.131. The third kappa shape index (κ3) is 3.78. The molecular weight excluding hydrogens is 506 g/mol. The lowest BCUT2D eigenvalue weighted by Crippen LogP contribution is -2.16. The molecule has 0 aliphatic heterocycles. The number of benzene rings is 7. The second-order valence-electron chi connectivity index (χ2n) is 11.8. The predicted molar refractivity (Wildman–Crippen MR) is 179 cm³/mol. The van der Waals surface area contributed by atoms with E-state index in [2.05, 4.69) is 170 Å². The fourth-order valence-electron chi connectivity index (χ4n) is 6.99. The molecule has 0 atom stereocenters. The Morgan fingerprint density at radius 1 is 0.452 bits per heavy atom. The van der Waals surface area contributed by atoms with E-state index < -0.39 is 0 Å². The SMILES string of the molecule is CC1(C)c2cc(-c3ccccc3)ccc2-c2cc(N(c3ccccc3)c3ccc4ccccc4c3)c3ccccc3c21. The summed E-state index contributed by atoms with van der Waals surface area (Å²) >= 11 is 0. The molecule has 0 heterocycles. The lowest BCUT2D eigenvalue weighted by molar-refractivity contribution is 0.666. The summed E-state index contributed by atoms with van der Waals surface area (Å²) in [5.74, 6) is 0. The van der Waals surface area contributed by atoms with Crippen LogP contribution in [0.5, 0.6) is 0 Å². The van der Waals surface area contributed by atoms with Crippen LogP contribution in [0.1, 0.15) is 25.0 Å². The molecule has 42 heavy (non-hydrogen) atoms. The Labute approximate surface area is 247 Å². The number of fused-ring (bicyclic) bond motifs is 6. The minimum atomic E-state index is -0.131. The quantitative estimate of drug-likeness (QED) is 0.216. The van der Waals surface area contributed by atoms with Gasteiger partial charge in [-0.05, 0) is 85.9 Å². The molecule has 200 valence electrons. The topological polar surface area (TPSA) is 3.24 Å². The van der Waals surface area contributed by atoms with E-state index >= 15 is 0 Å². The molecule has 0 saturated carbocycles. The molecule has 1 aliphatic rings. The summed E-state index contributed by atoms with van der Waals surface area (Å²) in [5.41, 5.74) is 11.3. The van der Waals surface area contributed by atoms with Crippen molar-refractivity contribution in [2.24, 2.45) is 0 Å². The van der Waals surface area contributed by atoms with E-state index in [-0.39, 0.29) is 5.41 Å². The summed E-state index contributed by atoms with van der Waals surface area (Å²) in [6, 6.07) is 55.3. The van der Waals surface area contributed by atoms with Gasteiger partial charge in [-0.15, -0.1) is 0 Å². The van der Waals surface area contributed by atoms with Crippen LogP contribution in [0.3, 0.4) is 0 Å². The first kappa shape index (κ1) is 24.6. The molecule has 0 radical (unpaired) electrons. The monoisotopic (exact) mass is 537 g/mol. The minimum Gasteiger partial charge on any atom is -0.310 e. The lowest BCUT2D eigenvalue weighted by atomic mass is 9.79. The van der Waals surface area contributed by atoms with Crippen molar-refractivity contribution in [3.8, 4) is 22.3 Å². The summed E-state index contributed by atoms with van der Waals surface area (Å²) in [6.45, 7) is 4.77. The van der Waals surface area contributed by atoms with Gasteiger partial charge in [0.2, 0.25) is 0 Å². The number of anilines is 3. The number of rotatable bonds is 4. The van der Waals surface area contributed by atoms with Crippen molar-refractivity contribution in [3.63, 3.8) is 0 Å². The van der Waals surface area contributed by atoms with E-state index in [1.807, 2.05) is 0 Å². The van der Waals surface area contributed by atoms with Gasteiger partial charge in [0.25, 0.3) is 0 Å². The van der Waals surface area contributed by atoms with Gasteiger partial charge in [0.1, 0.15) is 0 Å². The average Bonchev–Trinajstić information content (AvgIpc) is 3.27. The van der Waals surface area contributed by atoms with Gasteiger partial charge >= 0.3 is 0 Å². The molecule has 0 saturated heterocycles.